The quantitative estimate of drug-likeness (QED) is 0.799. The average Bonchev–Trinajstić information content (AvgIpc) is 3.10. The topological polar surface area (TPSA) is 49.2 Å². The molecule has 1 aliphatic heterocycles. The van der Waals surface area contributed by atoms with E-state index in [9.17, 15) is 0 Å². The van der Waals surface area contributed by atoms with Gasteiger partial charge in [0.2, 0.25) is 0 Å². The second-order valence-electron chi connectivity index (χ2n) is 6.53. The number of hydrogen-bond acceptors (Lipinski definition) is 4. The van der Waals surface area contributed by atoms with Crippen LogP contribution in [0.5, 0.6) is 0 Å². The summed E-state index contributed by atoms with van der Waals surface area (Å²) < 4.78 is 14.5. The minimum atomic E-state index is -0.532. The first-order valence-corrected chi connectivity index (χ1v) is 7.84. The summed E-state index contributed by atoms with van der Waals surface area (Å²) in [5.74, 6) is -0.532. The molecule has 4 rings (SSSR count). The van der Waals surface area contributed by atoms with E-state index >= 15 is 0 Å². The van der Waals surface area contributed by atoms with Gasteiger partial charge in [0.25, 0.3) is 0 Å². The van der Waals surface area contributed by atoms with Crippen LogP contribution in [0.25, 0.3) is 11.0 Å². The zero-order chi connectivity index (χ0) is 15.5. The summed E-state index contributed by atoms with van der Waals surface area (Å²) in [5, 5.41) is 1.09. The molecule has 0 bridgehead atoms. The smallest absolute Gasteiger partial charge is 0.164 e. The molecule has 116 valence electrons. The molecule has 0 amide bonds. The Hall–Kier alpha value is -1.72. The van der Waals surface area contributed by atoms with Gasteiger partial charge in [-0.3, -0.25) is 0 Å². The number of hydrogen-bond donors (Lipinski definition) is 0. The molecule has 2 aliphatic rings. The van der Waals surface area contributed by atoms with E-state index in [1.807, 2.05) is 20.8 Å². The van der Waals surface area contributed by atoms with Crippen LogP contribution in [-0.4, -0.2) is 32.5 Å². The molecule has 5 heteroatoms. The Balaban J connectivity index is 1.81. The molecule has 0 unspecified atom stereocenters. The van der Waals surface area contributed by atoms with Gasteiger partial charge in [-0.1, -0.05) is 13.0 Å². The van der Waals surface area contributed by atoms with E-state index in [-0.39, 0.29) is 18.2 Å². The van der Waals surface area contributed by atoms with Crippen molar-refractivity contribution in [3.8, 4) is 0 Å². The molecule has 1 fully saturated rings. The molecule has 2 aromatic rings. The Morgan fingerprint density at radius 3 is 2.86 bits per heavy atom. The third kappa shape index (κ3) is 1.92. The van der Waals surface area contributed by atoms with Gasteiger partial charge in [0.1, 0.15) is 24.2 Å². The van der Waals surface area contributed by atoms with Crippen molar-refractivity contribution in [1.82, 2.24) is 14.5 Å². The number of fused-ring (bicyclic) bond motifs is 2. The lowest BCUT2D eigenvalue weighted by Gasteiger charge is -2.22. The lowest BCUT2D eigenvalue weighted by molar-refractivity contribution is -0.147. The van der Waals surface area contributed by atoms with Crippen LogP contribution >= 0.6 is 0 Å². The first-order chi connectivity index (χ1) is 10.5. The van der Waals surface area contributed by atoms with E-state index in [1.165, 1.54) is 5.57 Å². The van der Waals surface area contributed by atoms with Gasteiger partial charge in [0, 0.05) is 11.6 Å². The Morgan fingerprint density at radius 1 is 1.27 bits per heavy atom. The summed E-state index contributed by atoms with van der Waals surface area (Å²) in [4.78, 5) is 8.75. The van der Waals surface area contributed by atoms with Gasteiger partial charge in [-0.25, -0.2) is 9.97 Å². The van der Waals surface area contributed by atoms with Crippen LogP contribution in [0.4, 0.5) is 0 Å². The van der Waals surface area contributed by atoms with Gasteiger partial charge in [-0.15, -0.1) is 0 Å². The molecule has 0 saturated carbocycles. The fourth-order valence-electron chi connectivity index (χ4n) is 3.63. The molecule has 3 atom stereocenters. The van der Waals surface area contributed by atoms with Gasteiger partial charge in [0.05, 0.1) is 11.7 Å². The molecule has 0 aromatic carbocycles. The van der Waals surface area contributed by atoms with Crippen molar-refractivity contribution >= 4 is 11.0 Å². The van der Waals surface area contributed by atoms with Gasteiger partial charge in [0.15, 0.2) is 5.79 Å². The molecule has 5 nitrogen and oxygen atoms in total. The van der Waals surface area contributed by atoms with E-state index in [2.05, 4.69) is 39.8 Å². The third-order valence-electron chi connectivity index (χ3n) is 4.65. The first-order valence-electron chi connectivity index (χ1n) is 7.84. The lowest BCUT2D eigenvalue weighted by atomic mass is 10.1. The molecule has 3 heterocycles. The maximum Gasteiger partial charge on any atom is 0.164 e. The maximum absolute atomic E-state index is 6.18. The van der Waals surface area contributed by atoms with Crippen LogP contribution in [0.3, 0.4) is 0 Å². The van der Waals surface area contributed by atoms with Crippen LogP contribution in [0.1, 0.15) is 38.9 Å². The summed E-state index contributed by atoms with van der Waals surface area (Å²) in [6.07, 6.45) is 7.02. The van der Waals surface area contributed by atoms with Crippen molar-refractivity contribution in [2.24, 2.45) is 0 Å². The predicted octanol–water partition coefficient (Wildman–Crippen LogP) is 3.15. The Kier molecular flexibility index (Phi) is 2.93. The Morgan fingerprint density at radius 2 is 2.09 bits per heavy atom. The van der Waals surface area contributed by atoms with Crippen LogP contribution in [0, 0.1) is 6.92 Å². The van der Waals surface area contributed by atoms with E-state index in [0.29, 0.717) is 0 Å². The number of aryl methyl sites for hydroxylation is 1. The van der Waals surface area contributed by atoms with E-state index < -0.39 is 5.79 Å². The molecular weight excluding hydrogens is 278 g/mol. The number of ether oxygens (including phenoxy) is 2. The van der Waals surface area contributed by atoms with Crippen LogP contribution in [-0.2, 0) is 9.47 Å². The fourth-order valence-corrected chi connectivity index (χ4v) is 3.63. The lowest BCUT2D eigenvalue weighted by Crippen LogP contribution is -2.27. The predicted molar refractivity (Wildman–Crippen MR) is 83.5 cm³/mol. The molecule has 0 radical (unpaired) electrons. The highest BCUT2D eigenvalue weighted by atomic mass is 16.8. The van der Waals surface area contributed by atoms with Gasteiger partial charge >= 0.3 is 0 Å². The maximum atomic E-state index is 6.18. The van der Waals surface area contributed by atoms with Gasteiger partial charge < -0.3 is 14.0 Å². The largest absolute Gasteiger partial charge is 0.342 e. The minimum Gasteiger partial charge on any atom is -0.342 e. The monoisotopic (exact) mass is 299 g/mol. The van der Waals surface area contributed by atoms with Crippen molar-refractivity contribution in [3.05, 3.63) is 35.9 Å². The van der Waals surface area contributed by atoms with Crippen molar-refractivity contribution < 1.29 is 9.47 Å². The van der Waals surface area contributed by atoms with Crippen molar-refractivity contribution in [2.45, 2.75) is 58.2 Å². The third-order valence-corrected chi connectivity index (χ3v) is 4.65. The summed E-state index contributed by atoms with van der Waals surface area (Å²) in [5.41, 5.74) is 3.27. The molecule has 1 aliphatic carbocycles. The summed E-state index contributed by atoms with van der Waals surface area (Å²) in [6.45, 7) is 8.14. The second kappa shape index (κ2) is 4.64. The molecule has 0 N–H and O–H groups in total. The highest BCUT2D eigenvalue weighted by molar-refractivity contribution is 5.78. The highest BCUT2D eigenvalue weighted by Gasteiger charge is 2.50. The van der Waals surface area contributed by atoms with Crippen LogP contribution < -0.4 is 0 Å². The van der Waals surface area contributed by atoms with Crippen LogP contribution in [0.15, 0.2) is 30.2 Å². The number of rotatable bonds is 2. The van der Waals surface area contributed by atoms with Crippen molar-refractivity contribution in [1.29, 1.82) is 0 Å². The van der Waals surface area contributed by atoms with Crippen LogP contribution in [0.2, 0.25) is 0 Å². The second-order valence-corrected chi connectivity index (χ2v) is 6.53. The zero-order valence-corrected chi connectivity index (χ0v) is 13.4. The van der Waals surface area contributed by atoms with Crippen molar-refractivity contribution in [2.75, 3.05) is 0 Å². The van der Waals surface area contributed by atoms with Gasteiger partial charge in [-0.05, 0) is 38.8 Å². The highest BCUT2D eigenvalue weighted by Crippen LogP contribution is 2.44. The van der Waals surface area contributed by atoms with Gasteiger partial charge in [-0.2, -0.15) is 0 Å². The van der Waals surface area contributed by atoms with Crippen molar-refractivity contribution in [3.63, 3.8) is 0 Å². The van der Waals surface area contributed by atoms with E-state index in [4.69, 9.17) is 9.47 Å². The minimum absolute atomic E-state index is 0.0100. The standard InChI is InChI=1S/C17H21N3O2/c1-5-11-8-13(15-14(11)21-17(3,4)22-15)20-7-6-12-10(2)18-9-19-16(12)20/h6-9,13-15H,5H2,1-4H3/t13-,14-,15+/m1/s1. The molecular formula is C17H21N3O2. The fraction of sp³-hybridized carbons (Fsp3) is 0.529. The SMILES string of the molecule is CCC1=C[C@@H](n2ccc3c(C)ncnc32)[C@@H]2OC(C)(C)O[C@H]12. The number of nitrogens with zero attached hydrogens (tertiary/aromatic N) is 3. The number of aromatic nitrogens is 3. The molecule has 1 saturated heterocycles. The van der Waals surface area contributed by atoms with E-state index in [0.717, 1.165) is 23.1 Å². The Bertz CT molecular complexity index is 762. The first kappa shape index (κ1) is 13.9. The summed E-state index contributed by atoms with van der Waals surface area (Å²) in [6, 6.07) is 2.20. The normalized spacial score (nSPS) is 29.8. The Labute approximate surface area is 130 Å². The molecule has 2 aromatic heterocycles. The molecule has 0 spiro atoms. The van der Waals surface area contributed by atoms with E-state index in [1.54, 1.807) is 6.33 Å². The zero-order valence-electron chi connectivity index (χ0n) is 13.4. The molecule has 22 heavy (non-hydrogen) atoms. The summed E-state index contributed by atoms with van der Waals surface area (Å²) in [7, 11) is 0. The average molecular weight is 299 g/mol. The summed E-state index contributed by atoms with van der Waals surface area (Å²) >= 11 is 0.